The van der Waals surface area contributed by atoms with E-state index < -0.39 is 0 Å². The molecule has 0 spiro atoms. The lowest BCUT2D eigenvalue weighted by Crippen LogP contribution is -2.44. The number of hydrogen-bond acceptors (Lipinski definition) is 5. The van der Waals surface area contributed by atoms with E-state index in [1.807, 2.05) is 6.20 Å². The molecular formula is C13H23N5. The number of hydrogen-bond donors (Lipinski definition) is 1. The summed E-state index contributed by atoms with van der Waals surface area (Å²) >= 11 is 0. The molecule has 1 aromatic rings. The molecule has 1 saturated heterocycles. The topological polar surface area (TPSA) is 44.3 Å². The molecular weight excluding hydrogens is 226 g/mol. The summed E-state index contributed by atoms with van der Waals surface area (Å²) in [7, 11) is 2.16. The number of likely N-dealkylation sites (N-methyl/N-ethyl adjacent to an activating group) is 1. The van der Waals surface area contributed by atoms with E-state index in [-0.39, 0.29) is 0 Å². The monoisotopic (exact) mass is 249 g/mol. The Kier molecular flexibility index (Phi) is 4.36. The molecule has 1 aliphatic rings. The fourth-order valence-electron chi connectivity index (χ4n) is 1.99. The summed E-state index contributed by atoms with van der Waals surface area (Å²) in [6.45, 7) is 9.64. The van der Waals surface area contributed by atoms with Crippen LogP contribution in [-0.2, 0) is 0 Å². The smallest absolute Gasteiger partial charge is 0.150 e. The van der Waals surface area contributed by atoms with Gasteiger partial charge in [-0.05, 0) is 13.0 Å². The number of nitrogens with one attached hydrogen (secondary N) is 1. The van der Waals surface area contributed by atoms with Crippen molar-refractivity contribution in [3.05, 3.63) is 12.3 Å². The average molecular weight is 249 g/mol. The minimum atomic E-state index is 0.610. The van der Waals surface area contributed by atoms with E-state index in [0.717, 1.165) is 38.5 Å². The highest BCUT2D eigenvalue weighted by Gasteiger charge is 2.15. The van der Waals surface area contributed by atoms with Gasteiger partial charge < -0.3 is 15.1 Å². The van der Waals surface area contributed by atoms with Crippen molar-refractivity contribution in [1.29, 1.82) is 0 Å². The fraction of sp³-hybridized carbons (Fsp3) is 0.692. The average Bonchev–Trinajstić information content (AvgIpc) is 2.37. The third-order valence-corrected chi connectivity index (χ3v) is 3.20. The Labute approximate surface area is 109 Å². The summed E-state index contributed by atoms with van der Waals surface area (Å²) < 4.78 is 0. The molecule has 2 heterocycles. The third-order valence-electron chi connectivity index (χ3n) is 3.20. The Morgan fingerprint density at radius 3 is 2.67 bits per heavy atom. The van der Waals surface area contributed by atoms with Crippen molar-refractivity contribution >= 4 is 11.5 Å². The van der Waals surface area contributed by atoms with Crippen molar-refractivity contribution in [2.24, 2.45) is 5.92 Å². The van der Waals surface area contributed by atoms with Crippen molar-refractivity contribution < 1.29 is 0 Å². The second-order valence-corrected chi connectivity index (χ2v) is 5.36. The quantitative estimate of drug-likeness (QED) is 0.871. The summed E-state index contributed by atoms with van der Waals surface area (Å²) in [5.74, 6) is 1.49. The second kappa shape index (κ2) is 6.00. The molecule has 18 heavy (non-hydrogen) atoms. The van der Waals surface area contributed by atoms with Gasteiger partial charge in [-0.1, -0.05) is 13.8 Å². The maximum absolute atomic E-state index is 4.12. The van der Waals surface area contributed by atoms with Crippen LogP contribution in [0.4, 0.5) is 11.5 Å². The number of rotatable bonds is 4. The van der Waals surface area contributed by atoms with Gasteiger partial charge >= 0.3 is 0 Å². The van der Waals surface area contributed by atoms with Crippen LogP contribution in [0.5, 0.6) is 0 Å². The molecule has 1 aromatic heterocycles. The van der Waals surface area contributed by atoms with Crippen LogP contribution >= 0.6 is 0 Å². The molecule has 1 N–H and O–H groups in total. The van der Waals surface area contributed by atoms with E-state index in [1.54, 1.807) is 0 Å². The van der Waals surface area contributed by atoms with Crippen molar-refractivity contribution in [1.82, 2.24) is 15.1 Å². The molecule has 0 amide bonds. The van der Waals surface area contributed by atoms with Gasteiger partial charge in [0.1, 0.15) is 0 Å². The van der Waals surface area contributed by atoms with E-state index in [1.165, 1.54) is 5.69 Å². The second-order valence-electron chi connectivity index (χ2n) is 5.36. The van der Waals surface area contributed by atoms with Crippen molar-refractivity contribution in [3.63, 3.8) is 0 Å². The lowest BCUT2D eigenvalue weighted by molar-refractivity contribution is 0.312. The molecule has 0 saturated carbocycles. The minimum absolute atomic E-state index is 0.610. The third kappa shape index (κ3) is 3.57. The van der Waals surface area contributed by atoms with E-state index in [0.29, 0.717) is 5.92 Å². The molecule has 0 radical (unpaired) electrons. The first-order valence-electron chi connectivity index (χ1n) is 6.65. The molecule has 1 aliphatic heterocycles. The van der Waals surface area contributed by atoms with Crippen LogP contribution < -0.4 is 10.2 Å². The van der Waals surface area contributed by atoms with E-state index in [4.69, 9.17) is 0 Å². The maximum atomic E-state index is 4.12. The molecule has 100 valence electrons. The van der Waals surface area contributed by atoms with Gasteiger partial charge in [-0.15, -0.1) is 5.10 Å². The van der Waals surface area contributed by atoms with E-state index in [9.17, 15) is 0 Å². The summed E-state index contributed by atoms with van der Waals surface area (Å²) in [5.41, 5.74) is 1.17. The number of nitrogens with zero attached hydrogens (tertiary/aromatic N) is 4. The summed E-state index contributed by atoms with van der Waals surface area (Å²) in [6, 6.07) is 2.10. The fourth-order valence-corrected chi connectivity index (χ4v) is 1.99. The van der Waals surface area contributed by atoms with Crippen LogP contribution in [0, 0.1) is 5.92 Å². The summed E-state index contributed by atoms with van der Waals surface area (Å²) in [5, 5.41) is 11.5. The van der Waals surface area contributed by atoms with Gasteiger partial charge in [-0.3, -0.25) is 0 Å². The normalized spacial score (nSPS) is 17.2. The van der Waals surface area contributed by atoms with E-state index >= 15 is 0 Å². The lowest BCUT2D eigenvalue weighted by Gasteiger charge is -2.33. The number of piperazine rings is 1. The lowest BCUT2D eigenvalue weighted by atomic mass is 10.2. The van der Waals surface area contributed by atoms with Gasteiger partial charge in [0.05, 0.1) is 11.9 Å². The first kappa shape index (κ1) is 13.1. The predicted octanol–water partition coefficient (Wildman–Crippen LogP) is 1.30. The molecule has 1 fully saturated rings. The Bertz CT molecular complexity index is 371. The zero-order chi connectivity index (χ0) is 13.0. The molecule has 0 bridgehead atoms. The van der Waals surface area contributed by atoms with Crippen LogP contribution in [0.15, 0.2) is 12.3 Å². The first-order valence-corrected chi connectivity index (χ1v) is 6.65. The summed E-state index contributed by atoms with van der Waals surface area (Å²) in [4.78, 5) is 4.72. The Morgan fingerprint density at radius 2 is 2.00 bits per heavy atom. The molecule has 2 rings (SSSR count). The molecule has 0 unspecified atom stereocenters. The first-order chi connectivity index (χ1) is 8.65. The maximum Gasteiger partial charge on any atom is 0.150 e. The summed E-state index contributed by atoms with van der Waals surface area (Å²) in [6.07, 6.45) is 1.85. The van der Waals surface area contributed by atoms with Gasteiger partial charge in [0.25, 0.3) is 0 Å². The number of anilines is 2. The SMILES string of the molecule is CC(C)CNc1cc(N2CCN(C)CC2)cnn1. The van der Waals surface area contributed by atoms with Gasteiger partial charge in [0.2, 0.25) is 0 Å². The van der Waals surface area contributed by atoms with Gasteiger partial charge in [0, 0.05) is 38.8 Å². The van der Waals surface area contributed by atoms with Gasteiger partial charge in [0.15, 0.2) is 5.82 Å². The zero-order valence-corrected chi connectivity index (χ0v) is 11.6. The van der Waals surface area contributed by atoms with Gasteiger partial charge in [-0.25, -0.2) is 0 Å². The highest BCUT2D eigenvalue weighted by atomic mass is 15.3. The van der Waals surface area contributed by atoms with E-state index in [2.05, 4.69) is 52.3 Å². The Balaban J connectivity index is 1.98. The van der Waals surface area contributed by atoms with Gasteiger partial charge in [-0.2, -0.15) is 5.10 Å². The highest BCUT2D eigenvalue weighted by molar-refractivity contribution is 5.52. The van der Waals surface area contributed by atoms with Crippen LogP contribution in [0.3, 0.4) is 0 Å². The Morgan fingerprint density at radius 1 is 1.28 bits per heavy atom. The standard InChI is InChI=1S/C13H23N5/c1-11(2)9-14-13-8-12(10-15-16-13)18-6-4-17(3)5-7-18/h8,10-11H,4-7,9H2,1-3H3,(H,14,16). The van der Waals surface area contributed by atoms with Crippen molar-refractivity contribution in [2.45, 2.75) is 13.8 Å². The van der Waals surface area contributed by atoms with Crippen molar-refractivity contribution in [3.8, 4) is 0 Å². The highest BCUT2D eigenvalue weighted by Crippen LogP contribution is 2.17. The van der Waals surface area contributed by atoms with Crippen LogP contribution in [-0.4, -0.2) is 54.9 Å². The zero-order valence-electron chi connectivity index (χ0n) is 11.6. The van der Waals surface area contributed by atoms with Crippen LogP contribution in [0.2, 0.25) is 0 Å². The van der Waals surface area contributed by atoms with Crippen molar-refractivity contribution in [2.75, 3.05) is 50.0 Å². The van der Waals surface area contributed by atoms with Crippen LogP contribution in [0.25, 0.3) is 0 Å². The van der Waals surface area contributed by atoms with Crippen LogP contribution in [0.1, 0.15) is 13.8 Å². The largest absolute Gasteiger partial charge is 0.368 e. The number of aromatic nitrogens is 2. The molecule has 0 aliphatic carbocycles. The molecule has 0 atom stereocenters. The molecule has 5 heteroatoms. The minimum Gasteiger partial charge on any atom is -0.368 e. The Hall–Kier alpha value is -1.36. The predicted molar refractivity (Wildman–Crippen MR) is 75.1 cm³/mol. The molecule has 0 aromatic carbocycles. The molecule has 5 nitrogen and oxygen atoms in total.